The number of hydroxylamine groups is 2. The molecular formula is C17H15ClN2O2. The minimum absolute atomic E-state index is 0.0203. The van der Waals surface area contributed by atoms with Crippen molar-refractivity contribution in [2.24, 2.45) is 0 Å². The molecule has 2 heterocycles. The summed E-state index contributed by atoms with van der Waals surface area (Å²) in [6, 6.07) is 9.86. The molecule has 1 N–H and O–H groups in total. The molecule has 0 amide bonds. The topological polar surface area (TPSA) is 44.6 Å². The van der Waals surface area contributed by atoms with E-state index in [2.05, 4.69) is 17.4 Å². The third-order valence-corrected chi connectivity index (χ3v) is 4.39. The Bertz CT molecular complexity index is 736. The molecule has 4 rings (SSSR count). The highest BCUT2D eigenvalue weighted by Crippen LogP contribution is 2.45. The van der Waals surface area contributed by atoms with Crippen molar-refractivity contribution in [3.63, 3.8) is 0 Å². The maximum absolute atomic E-state index is 11.8. The Morgan fingerprint density at radius 3 is 2.86 bits per heavy atom. The van der Waals surface area contributed by atoms with Crippen LogP contribution >= 0.6 is 11.6 Å². The van der Waals surface area contributed by atoms with E-state index in [1.807, 2.05) is 30.4 Å². The number of carbonyl (C=O) groups is 1. The number of nitrogens with zero attached hydrogens (tertiary/aromatic N) is 1. The van der Waals surface area contributed by atoms with Crippen molar-refractivity contribution < 1.29 is 9.63 Å². The first-order valence-electron chi connectivity index (χ1n) is 7.24. The Hall–Kier alpha value is -2.20. The van der Waals surface area contributed by atoms with Crippen LogP contribution in [0.1, 0.15) is 18.4 Å². The number of Topliss-reactive ketones (excluding diaryl/α,β-unsaturated/α-hetero) is 1. The van der Waals surface area contributed by atoms with Gasteiger partial charge in [-0.05, 0) is 18.6 Å². The van der Waals surface area contributed by atoms with E-state index in [0.29, 0.717) is 11.6 Å². The van der Waals surface area contributed by atoms with E-state index in [1.54, 1.807) is 12.0 Å². The lowest BCUT2D eigenvalue weighted by atomic mass is 9.86. The molecule has 112 valence electrons. The molecular weight excluding hydrogens is 300 g/mol. The summed E-state index contributed by atoms with van der Waals surface area (Å²) in [5.74, 6) is 0.933. The predicted octanol–water partition coefficient (Wildman–Crippen LogP) is 2.81. The van der Waals surface area contributed by atoms with Gasteiger partial charge in [-0.1, -0.05) is 48.0 Å². The summed E-state index contributed by atoms with van der Waals surface area (Å²) in [6.07, 6.45) is 3.88. The SMILES string of the molecule is CC(=O)C1CN2OC2=C2C(=CC(Cl)=CC2c2ccccc2)N1. The van der Waals surface area contributed by atoms with E-state index in [9.17, 15) is 4.79 Å². The Morgan fingerprint density at radius 2 is 2.14 bits per heavy atom. The van der Waals surface area contributed by atoms with Gasteiger partial charge in [-0.25, -0.2) is 0 Å². The summed E-state index contributed by atoms with van der Waals surface area (Å²) < 4.78 is 0. The van der Waals surface area contributed by atoms with Gasteiger partial charge in [0.25, 0.3) is 5.88 Å². The Balaban J connectivity index is 1.79. The van der Waals surface area contributed by atoms with Crippen LogP contribution in [0.5, 0.6) is 0 Å². The summed E-state index contributed by atoms with van der Waals surface area (Å²) in [4.78, 5) is 17.4. The van der Waals surface area contributed by atoms with Crippen molar-refractivity contribution in [2.75, 3.05) is 6.54 Å². The summed E-state index contributed by atoms with van der Waals surface area (Å²) >= 11 is 6.31. The van der Waals surface area contributed by atoms with Gasteiger partial charge in [-0.3, -0.25) is 4.79 Å². The molecule has 0 aromatic heterocycles. The number of benzene rings is 1. The number of halogens is 1. The average Bonchev–Trinajstić information content (AvgIpc) is 3.26. The first-order chi connectivity index (χ1) is 10.6. The van der Waals surface area contributed by atoms with E-state index >= 15 is 0 Å². The van der Waals surface area contributed by atoms with Gasteiger partial charge in [0.1, 0.15) is 6.04 Å². The first kappa shape index (κ1) is 13.5. The lowest BCUT2D eigenvalue weighted by Crippen LogP contribution is -2.40. The van der Waals surface area contributed by atoms with Crippen LogP contribution in [0.4, 0.5) is 0 Å². The first-order valence-corrected chi connectivity index (χ1v) is 7.62. The molecule has 1 fully saturated rings. The van der Waals surface area contributed by atoms with E-state index in [1.165, 1.54) is 0 Å². The zero-order valence-corrected chi connectivity index (χ0v) is 12.8. The van der Waals surface area contributed by atoms with Gasteiger partial charge in [-0.15, -0.1) is 0 Å². The zero-order chi connectivity index (χ0) is 15.3. The molecule has 2 aliphatic heterocycles. The minimum Gasteiger partial charge on any atom is -0.373 e. The van der Waals surface area contributed by atoms with Gasteiger partial charge >= 0.3 is 0 Å². The van der Waals surface area contributed by atoms with E-state index in [4.69, 9.17) is 16.4 Å². The van der Waals surface area contributed by atoms with E-state index in [-0.39, 0.29) is 17.7 Å². The van der Waals surface area contributed by atoms with Gasteiger partial charge in [0.2, 0.25) is 0 Å². The molecule has 2 unspecified atom stereocenters. The van der Waals surface area contributed by atoms with Crippen molar-refractivity contribution >= 4 is 17.4 Å². The second kappa shape index (κ2) is 4.92. The fourth-order valence-electron chi connectivity index (χ4n) is 2.98. The smallest absolute Gasteiger partial charge is 0.262 e. The summed E-state index contributed by atoms with van der Waals surface area (Å²) in [5.41, 5.74) is 3.06. The largest absolute Gasteiger partial charge is 0.373 e. The van der Waals surface area contributed by atoms with Crippen LogP contribution in [-0.2, 0) is 9.63 Å². The maximum atomic E-state index is 11.8. The quantitative estimate of drug-likeness (QED) is 0.853. The van der Waals surface area contributed by atoms with Crippen molar-refractivity contribution in [1.82, 2.24) is 10.4 Å². The molecule has 0 spiro atoms. The second-order valence-corrected chi connectivity index (χ2v) is 6.11. The van der Waals surface area contributed by atoms with Crippen LogP contribution in [0.15, 0.2) is 64.7 Å². The van der Waals surface area contributed by atoms with Crippen LogP contribution in [0.25, 0.3) is 0 Å². The maximum Gasteiger partial charge on any atom is 0.262 e. The highest BCUT2D eigenvalue weighted by molar-refractivity contribution is 6.31. The molecule has 0 radical (unpaired) electrons. The Morgan fingerprint density at radius 1 is 1.36 bits per heavy atom. The van der Waals surface area contributed by atoms with Crippen molar-refractivity contribution in [1.29, 1.82) is 0 Å². The fourth-order valence-corrected chi connectivity index (χ4v) is 3.22. The number of fused-ring (bicyclic) bond motifs is 2. The van der Waals surface area contributed by atoms with Crippen molar-refractivity contribution in [2.45, 2.75) is 18.9 Å². The number of carbonyl (C=O) groups excluding carboxylic acids is 1. The molecule has 1 aromatic rings. The number of ketones is 1. The summed E-state index contributed by atoms with van der Waals surface area (Å²) in [6.45, 7) is 2.10. The second-order valence-electron chi connectivity index (χ2n) is 5.68. The van der Waals surface area contributed by atoms with Crippen LogP contribution in [-0.4, -0.2) is 23.4 Å². The molecule has 0 bridgehead atoms. The van der Waals surface area contributed by atoms with E-state index < -0.39 is 0 Å². The average molecular weight is 315 g/mol. The normalized spacial score (nSPS) is 25.8. The summed E-state index contributed by atoms with van der Waals surface area (Å²) in [7, 11) is 0. The molecule has 1 saturated heterocycles. The minimum atomic E-state index is -0.291. The fraction of sp³-hybridized carbons (Fsp3) is 0.235. The Kier molecular flexibility index (Phi) is 3.01. The van der Waals surface area contributed by atoms with E-state index in [0.717, 1.165) is 22.7 Å². The van der Waals surface area contributed by atoms with Gasteiger partial charge in [-0.2, -0.15) is 5.06 Å². The van der Waals surface area contributed by atoms with Crippen LogP contribution in [0.2, 0.25) is 0 Å². The number of hydrogen-bond donors (Lipinski definition) is 1. The van der Waals surface area contributed by atoms with Crippen LogP contribution in [0, 0.1) is 0 Å². The molecule has 4 nitrogen and oxygen atoms in total. The summed E-state index contributed by atoms with van der Waals surface area (Å²) in [5, 5.41) is 5.76. The monoisotopic (exact) mass is 314 g/mol. The number of allylic oxidation sites excluding steroid dienone is 4. The highest BCUT2D eigenvalue weighted by atomic mass is 35.5. The number of rotatable bonds is 2. The predicted molar refractivity (Wildman–Crippen MR) is 83.6 cm³/mol. The molecule has 22 heavy (non-hydrogen) atoms. The lowest BCUT2D eigenvalue weighted by molar-refractivity contribution is -0.119. The molecule has 3 aliphatic rings. The third-order valence-electron chi connectivity index (χ3n) is 4.16. The number of hydrogen-bond acceptors (Lipinski definition) is 4. The van der Waals surface area contributed by atoms with Crippen molar-refractivity contribution in [3.05, 3.63) is 70.2 Å². The molecule has 0 saturated carbocycles. The van der Waals surface area contributed by atoms with Gasteiger partial charge in [0.15, 0.2) is 5.78 Å². The number of nitrogens with one attached hydrogen (secondary N) is 1. The van der Waals surface area contributed by atoms with Crippen LogP contribution < -0.4 is 5.32 Å². The van der Waals surface area contributed by atoms with Crippen LogP contribution in [0.3, 0.4) is 0 Å². The van der Waals surface area contributed by atoms with Gasteiger partial charge in [0, 0.05) is 16.6 Å². The van der Waals surface area contributed by atoms with Crippen molar-refractivity contribution in [3.8, 4) is 0 Å². The lowest BCUT2D eigenvalue weighted by Gasteiger charge is -2.25. The molecule has 1 aliphatic carbocycles. The highest BCUT2D eigenvalue weighted by Gasteiger charge is 2.44. The third kappa shape index (κ3) is 2.20. The molecule has 1 aromatic carbocycles. The molecule has 5 heteroatoms. The van der Waals surface area contributed by atoms with Gasteiger partial charge in [0.05, 0.1) is 12.1 Å². The van der Waals surface area contributed by atoms with Gasteiger partial charge < -0.3 is 10.2 Å². The zero-order valence-electron chi connectivity index (χ0n) is 12.0. The Labute approximate surface area is 133 Å². The molecule has 2 atom stereocenters. The standard InChI is InChI=1S/C17H15ClN2O2/c1-10(21)15-9-20-17(22-20)16-13(11-5-3-2-4-6-11)7-12(18)8-14(16)19-15/h2-8,13,15,19H,9H2,1H3.